The molecule has 7 nitrogen and oxygen atoms in total. The van der Waals surface area contributed by atoms with Crippen molar-refractivity contribution < 1.29 is 4.79 Å². The van der Waals surface area contributed by atoms with Crippen molar-refractivity contribution in [2.45, 2.75) is 45.7 Å². The molecule has 0 spiro atoms. The predicted molar refractivity (Wildman–Crippen MR) is 75.3 cm³/mol. The van der Waals surface area contributed by atoms with Crippen molar-refractivity contribution in [1.82, 2.24) is 30.5 Å². The Kier molecular flexibility index (Phi) is 3.89. The number of rotatable bonds is 5. The van der Waals surface area contributed by atoms with Gasteiger partial charge in [0, 0.05) is 24.9 Å². The standard InChI is InChI=1S/C14H18N6O/c1-10-17-18-19-20(10)6-5-14(21)16-9-11-7-12-3-2-4-13(12)15-8-11/h7-8H,2-6,9H2,1H3,(H,16,21). The number of carbonyl (C=O) groups excluding carboxylic acids is 1. The zero-order valence-electron chi connectivity index (χ0n) is 12.0. The van der Waals surface area contributed by atoms with Crippen molar-refractivity contribution in [2.24, 2.45) is 0 Å². The Morgan fingerprint density at radius 1 is 1.43 bits per heavy atom. The summed E-state index contributed by atoms with van der Waals surface area (Å²) in [6.07, 6.45) is 5.58. The molecular formula is C14H18N6O. The summed E-state index contributed by atoms with van der Waals surface area (Å²) in [6, 6.07) is 2.15. The molecule has 21 heavy (non-hydrogen) atoms. The van der Waals surface area contributed by atoms with Crippen LogP contribution in [0, 0.1) is 6.92 Å². The number of tetrazole rings is 1. The highest BCUT2D eigenvalue weighted by Gasteiger charge is 2.12. The first-order chi connectivity index (χ1) is 10.2. The highest BCUT2D eigenvalue weighted by Crippen LogP contribution is 2.20. The largest absolute Gasteiger partial charge is 0.352 e. The van der Waals surface area contributed by atoms with Crippen molar-refractivity contribution in [1.29, 1.82) is 0 Å². The van der Waals surface area contributed by atoms with Crippen LogP contribution >= 0.6 is 0 Å². The van der Waals surface area contributed by atoms with Gasteiger partial charge in [0.15, 0.2) is 0 Å². The summed E-state index contributed by atoms with van der Waals surface area (Å²) < 4.78 is 1.62. The number of pyridine rings is 1. The fraction of sp³-hybridized carbons (Fsp3) is 0.500. The summed E-state index contributed by atoms with van der Waals surface area (Å²) in [5, 5.41) is 14.1. The van der Waals surface area contributed by atoms with Crippen LogP contribution in [-0.4, -0.2) is 31.1 Å². The third-order valence-electron chi connectivity index (χ3n) is 3.73. The molecule has 0 saturated heterocycles. The molecule has 2 aromatic heterocycles. The van der Waals surface area contributed by atoms with E-state index in [1.165, 1.54) is 17.7 Å². The van der Waals surface area contributed by atoms with Gasteiger partial charge in [-0.25, -0.2) is 4.68 Å². The van der Waals surface area contributed by atoms with Gasteiger partial charge in [0.2, 0.25) is 5.91 Å². The summed E-state index contributed by atoms with van der Waals surface area (Å²) in [5.41, 5.74) is 3.59. The molecule has 1 aliphatic rings. The molecule has 0 unspecified atom stereocenters. The maximum Gasteiger partial charge on any atom is 0.222 e. The van der Waals surface area contributed by atoms with Crippen LogP contribution in [0.5, 0.6) is 0 Å². The smallest absolute Gasteiger partial charge is 0.222 e. The van der Waals surface area contributed by atoms with E-state index >= 15 is 0 Å². The first-order valence-corrected chi connectivity index (χ1v) is 7.18. The van der Waals surface area contributed by atoms with Crippen molar-refractivity contribution >= 4 is 5.91 Å². The second-order valence-electron chi connectivity index (χ2n) is 5.28. The zero-order valence-corrected chi connectivity index (χ0v) is 12.0. The Labute approximate surface area is 122 Å². The molecule has 110 valence electrons. The van der Waals surface area contributed by atoms with Gasteiger partial charge < -0.3 is 5.32 Å². The molecule has 0 radical (unpaired) electrons. The average molecular weight is 286 g/mol. The van der Waals surface area contributed by atoms with Crippen LogP contribution in [0.2, 0.25) is 0 Å². The van der Waals surface area contributed by atoms with E-state index in [0.29, 0.717) is 25.3 Å². The number of nitrogens with zero attached hydrogens (tertiary/aromatic N) is 5. The molecule has 1 N–H and O–H groups in total. The van der Waals surface area contributed by atoms with Gasteiger partial charge in [-0.2, -0.15) is 0 Å². The molecule has 0 bridgehead atoms. The minimum atomic E-state index is -0.00889. The number of aromatic nitrogens is 5. The lowest BCUT2D eigenvalue weighted by Gasteiger charge is -2.07. The fourth-order valence-electron chi connectivity index (χ4n) is 2.52. The number of carbonyl (C=O) groups is 1. The van der Waals surface area contributed by atoms with E-state index in [1.54, 1.807) is 4.68 Å². The zero-order chi connectivity index (χ0) is 14.7. The predicted octanol–water partition coefficient (Wildman–Crippen LogP) is 0.572. The molecule has 1 amide bonds. The molecule has 0 atom stereocenters. The van der Waals surface area contributed by atoms with E-state index < -0.39 is 0 Å². The normalized spacial score (nSPS) is 13.2. The number of nitrogens with one attached hydrogen (secondary N) is 1. The minimum absolute atomic E-state index is 0.00889. The van der Waals surface area contributed by atoms with E-state index in [0.717, 1.165) is 18.4 Å². The lowest BCUT2D eigenvalue weighted by atomic mass is 10.1. The molecule has 7 heteroatoms. The lowest BCUT2D eigenvalue weighted by Crippen LogP contribution is -2.24. The van der Waals surface area contributed by atoms with Crippen molar-refractivity contribution in [2.75, 3.05) is 0 Å². The van der Waals surface area contributed by atoms with Crippen LogP contribution in [0.1, 0.15) is 35.5 Å². The minimum Gasteiger partial charge on any atom is -0.352 e. The van der Waals surface area contributed by atoms with Crippen LogP contribution in [0.4, 0.5) is 0 Å². The Morgan fingerprint density at radius 3 is 3.14 bits per heavy atom. The van der Waals surface area contributed by atoms with Crippen LogP contribution in [0.15, 0.2) is 12.3 Å². The van der Waals surface area contributed by atoms with Gasteiger partial charge >= 0.3 is 0 Å². The monoisotopic (exact) mass is 286 g/mol. The summed E-state index contributed by atoms with van der Waals surface area (Å²) in [5.74, 6) is 0.705. The second-order valence-corrected chi connectivity index (χ2v) is 5.28. The van der Waals surface area contributed by atoms with Gasteiger partial charge in [-0.05, 0) is 47.7 Å². The van der Waals surface area contributed by atoms with Gasteiger partial charge in [-0.15, -0.1) is 5.10 Å². The van der Waals surface area contributed by atoms with E-state index in [9.17, 15) is 4.79 Å². The first kappa shape index (κ1) is 13.7. The summed E-state index contributed by atoms with van der Waals surface area (Å²) in [4.78, 5) is 16.3. The van der Waals surface area contributed by atoms with Crippen LogP contribution in [0.3, 0.4) is 0 Å². The third kappa shape index (κ3) is 3.24. The highest BCUT2D eigenvalue weighted by molar-refractivity contribution is 5.75. The lowest BCUT2D eigenvalue weighted by molar-refractivity contribution is -0.121. The first-order valence-electron chi connectivity index (χ1n) is 7.18. The topological polar surface area (TPSA) is 85.6 Å². The fourth-order valence-corrected chi connectivity index (χ4v) is 2.52. The number of hydrogen-bond donors (Lipinski definition) is 1. The molecular weight excluding hydrogens is 268 g/mol. The van der Waals surface area contributed by atoms with Gasteiger partial charge in [-0.3, -0.25) is 9.78 Å². The van der Waals surface area contributed by atoms with Gasteiger partial charge in [0.1, 0.15) is 5.82 Å². The molecule has 2 heterocycles. The van der Waals surface area contributed by atoms with Gasteiger partial charge in [-0.1, -0.05) is 6.07 Å². The number of amides is 1. The maximum atomic E-state index is 11.8. The SMILES string of the molecule is Cc1nnnn1CCC(=O)NCc1cnc2c(c1)CCC2. The molecule has 3 rings (SSSR count). The number of fused-ring (bicyclic) bond motifs is 1. The molecule has 2 aromatic rings. The van der Waals surface area contributed by atoms with Gasteiger partial charge in [0.25, 0.3) is 0 Å². The summed E-state index contributed by atoms with van der Waals surface area (Å²) >= 11 is 0. The van der Waals surface area contributed by atoms with Crippen molar-refractivity contribution in [3.05, 3.63) is 34.9 Å². The quantitative estimate of drug-likeness (QED) is 0.868. The Hall–Kier alpha value is -2.31. The van der Waals surface area contributed by atoms with Crippen molar-refractivity contribution in [3.8, 4) is 0 Å². The van der Waals surface area contributed by atoms with Crippen LogP contribution in [0.25, 0.3) is 0 Å². The Bertz CT molecular complexity index is 651. The van der Waals surface area contributed by atoms with Crippen molar-refractivity contribution in [3.63, 3.8) is 0 Å². The number of hydrogen-bond acceptors (Lipinski definition) is 5. The van der Waals surface area contributed by atoms with E-state index in [-0.39, 0.29) is 5.91 Å². The van der Waals surface area contributed by atoms with E-state index in [1.807, 2.05) is 13.1 Å². The van der Waals surface area contributed by atoms with Crippen LogP contribution in [-0.2, 0) is 30.7 Å². The molecule has 1 aliphatic carbocycles. The summed E-state index contributed by atoms with van der Waals surface area (Å²) in [7, 11) is 0. The average Bonchev–Trinajstić information content (AvgIpc) is 3.11. The van der Waals surface area contributed by atoms with E-state index in [2.05, 4.69) is 31.9 Å². The molecule has 0 fully saturated rings. The maximum absolute atomic E-state index is 11.8. The molecule has 0 aliphatic heterocycles. The Morgan fingerprint density at radius 2 is 2.33 bits per heavy atom. The van der Waals surface area contributed by atoms with Crippen LogP contribution < -0.4 is 5.32 Å². The molecule has 0 aromatic carbocycles. The van der Waals surface area contributed by atoms with E-state index in [4.69, 9.17) is 0 Å². The summed E-state index contributed by atoms with van der Waals surface area (Å²) in [6.45, 7) is 2.83. The Balaban J connectivity index is 1.48. The third-order valence-corrected chi connectivity index (χ3v) is 3.73. The van der Waals surface area contributed by atoms with Gasteiger partial charge in [0.05, 0.1) is 6.54 Å². The highest BCUT2D eigenvalue weighted by atomic mass is 16.1. The number of aryl methyl sites for hydroxylation is 4. The second kappa shape index (κ2) is 5.99. The molecule has 0 saturated carbocycles.